The second kappa shape index (κ2) is 5.28. The molecule has 2 heterocycles. The lowest BCUT2D eigenvalue weighted by molar-refractivity contribution is -0.287. The van der Waals surface area contributed by atoms with E-state index in [1.54, 1.807) is 6.92 Å². The van der Waals surface area contributed by atoms with Gasteiger partial charge in [0.15, 0.2) is 11.5 Å². The van der Waals surface area contributed by atoms with E-state index in [2.05, 4.69) is 14.8 Å². The molecule has 7 nitrogen and oxygen atoms in total. The minimum absolute atomic E-state index is 0.0457. The normalized spacial score (nSPS) is 25.7. The van der Waals surface area contributed by atoms with Crippen LogP contribution in [0.5, 0.6) is 11.5 Å². The van der Waals surface area contributed by atoms with Gasteiger partial charge in [-0.3, -0.25) is 4.79 Å². The number of nitrogens with one attached hydrogen (secondary N) is 1. The van der Waals surface area contributed by atoms with Gasteiger partial charge in [-0.25, -0.2) is 8.42 Å². The molecular weight excluding hydrogens is 346 g/mol. The lowest BCUT2D eigenvalue weighted by Crippen LogP contribution is -2.40. The van der Waals surface area contributed by atoms with E-state index in [0.29, 0.717) is 6.42 Å². The highest BCUT2D eigenvalue weighted by Crippen LogP contribution is 2.46. The second-order valence-electron chi connectivity index (χ2n) is 5.98. The second-order valence-corrected chi connectivity index (χ2v) is 7.89. The van der Waals surface area contributed by atoms with E-state index in [1.807, 2.05) is 0 Å². The molecule has 1 amide bonds. The summed E-state index contributed by atoms with van der Waals surface area (Å²) in [6, 6.07) is 3.67. The van der Waals surface area contributed by atoms with Crippen LogP contribution in [-0.4, -0.2) is 45.1 Å². The SMILES string of the molecule is CNC(=O)[C@@]1(C)CCN(S(=O)(=O)c2cccc3c2OC(F)(F)O3)C1. The van der Waals surface area contributed by atoms with Crippen LogP contribution < -0.4 is 14.8 Å². The van der Waals surface area contributed by atoms with E-state index in [0.717, 1.165) is 4.31 Å². The fourth-order valence-corrected chi connectivity index (χ4v) is 4.59. The molecule has 24 heavy (non-hydrogen) atoms. The van der Waals surface area contributed by atoms with Gasteiger partial charge in [-0.05, 0) is 25.5 Å². The van der Waals surface area contributed by atoms with Crippen molar-refractivity contribution in [1.82, 2.24) is 9.62 Å². The van der Waals surface area contributed by atoms with Crippen molar-refractivity contribution in [3.05, 3.63) is 18.2 Å². The predicted molar refractivity (Wildman–Crippen MR) is 78.2 cm³/mol. The number of sulfonamides is 1. The molecule has 1 aromatic carbocycles. The van der Waals surface area contributed by atoms with Crippen molar-refractivity contribution in [2.24, 2.45) is 5.41 Å². The van der Waals surface area contributed by atoms with E-state index in [9.17, 15) is 22.0 Å². The number of ether oxygens (including phenoxy) is 2. The van der Waals surface area contributed by atoms with Gasteiger partial charge >= 0.3 is 6.29 Å². The smallest absolute Gasteiger partial charge is 0.395 e. The van der Waals surface area contributed by atoms with Crippen LogP contribution in [0, 0.1) is 5.41 Å². The van der Waals surface area contributed by atoms with Crippen LogP contribution in [0.1, 0.15) is 13.3 Å². The van der Waals surface area contributed by atoms with E-state index < -0.39 is 32.4 Å². The van der Waals surface area contributed by atoms with Crippen molar-refractivity contribution >= 4 is 15.9 Å². The molecule has 1 saturated heterocycles. The first kappa shape index (κ1) is 16.9. The van der Waals surface area contributed by atoms with E-state index in [1.165, 1.54) is 25.2 Å². The highest BCUT2D eigenvalue weighted by atomic mass is 32.2. The summed E-state index contributed by atoms with van der Waals surface area (Å²) in [7, 11) is -2.64. The number of fused-ring (bicyclic) bond motifs is 1. The highest BCUT2D eigenvalue weighted by Gasteiger charge is 2.49. The number of rotatable bonds is 3. The van der Waals surface area contributed by atoms with Crippen molar-refractivity contribution in [2.45, 2.75) is 24.5 Å². The summed E-state index contributed by atoms with van der Waals surface area (Å²) in [5.41, 5.74) is -0.874. The zero-order valence-corrected chi connectivity index (χ0v) is 13.8. The molecule has 3 rings (SSSR count). The van der Waals surface area contributed by atoms with E-state index in [4.69, 9.17) is 0 Å². The first-order chi connectivity index (χ1) is 11.1. The molecule has 2 aliphatic heterocycles. The van der Waals surface area contributed by atoms with Crippen LogP contribution in [0.4, 0.5) is 8.78 Å². The molecule has 0 aliphatic carbocycles. The molecule has 0 spiro atoms. The third kappa shape index (κ3) is 2.59. The topological polar surface area (TPSA) is 84.9 Å². The zero-order valence-electron chi connectivity index (χ0n) is 13.0. The van der Waals surface area contributed by atoms with Crippen molar-refractivity contribution in [2.75, 3.05) is 20.1 Å². The fourth-order valence-electron chi connectivity index (χ4n) is 2.90. The largest absolute Gasteiger partial charge is 0.586 e. The standard InChI is InChI=1S/C14H16F2N2O5S/c1-13(12(19)17-2)6-7-18(8-13)24(20,21)10-5-3-4-9-11(10)23-14(15,16)22-9/h3-5H,6-8H2,1-2H3,(H,17,19)/t13-/m0/s1. The summed E-state index contributed by atoms with van der Waals surface area (Å²) in [6.45, 7) is 1.72. The number of carbonyl (C=O) groups excluding carboxylic acids is 1. The monoisotopic (exact) mass is 362 g/mol. The number of nitrogens with zero attached hydrogens (tertiary/aromatic N) is 1. The molecular formula is C14H16F2N2O5S. The first-order valence-corrected chi connectivity index (χ1v) is 8.64. The lowest BCUT2D eigenvalue weighted by Gasteiger charge is -2.22. The molecule has 132 valence electrons. The van der Waals surface area contributed by atoms with Crippen LogP contribution in [0.15, 0.2) is 23.1 Å². The maximum Gasteiger partial charge on any atom is 0.586 e. The summed E-state index contributed by atoms with van der Waals surface area (Å²) in [4.78, 5) is 11.5. The van der Waals surface area contributed by atoms with Gasteiger partial charge in [0.2, 0.25) is 15.9 Å². The molecule has 1 atom stereocenters. The number of alkyl halides is 2. The van der Waals surface area contributed by atoms with Gasteiger partial charge in [0.25, 0.3) is 0 Å². The van der Waals surface area contributed by atoms with Crippen molar-refractivity contribution in [3.8, 4) is 11.5 Å². The Morgan fingerprint density at radius 1 is 1.33 bits per heavy atom. The van der Waals surface area contributed by atoms with E-state index in [-0.39, 0.29) is 24.7 Å². The summed E-state index contributed by atoms with van der Waals surface area (Å²) in [5, 5.41) is 2.51. The van der Waals surface area contributed by atoms with Gasteiger partial charge in [-0.1, -0.05) is 6.07 Å². The Morgan fingerprint density at radius 3 is 2.71 bits per heavy atom. The number of carbonyl (C=O) groups is 1. The molecule has 1 aromatic rings. The molecule has 10 heteroatoms. The average Bonchev–Trinajstić information content (AvgIpc) is 3.05. The molecule has 1 N–H and O–H groups in total. The Hall–Kier alpha value is -1.94. The number of hydrogen-bond donors (Lipinski definition) is 1. The minimum Gasteiger partial charge on any atom is -0.395 e. The molecule has 2 aliphatic rings. The van der Waals surface area contributed by atoms with Gasteiger partial charge < -0.3 is 14.8 Å². The number of hydrogen-bond acceptors (Lipinski definition) is 5. The summed E-state index contributed by atoms with van der Waals surface area (Å²) >= 11 is 0. The Bertz CT molecular complexity index is 798. The number of para-hydroxylation sites is 1. The van der Waals surface area contributed by atoms with Crippen molar-refractivity contribution < 1.29 is 31.5 Å². The maximum absolute atomic E-state index is 13.3. The summed E-state index contributed by atoms with van der Waals surface area (Å²) < 4.78 is 61.9. The Balaban J connectivity index is 1.95. The summed E-state index contributed by atoms with van der Waals surface area (Å²) in [6.07, 6.45) is -3.58. The van der Waals surface area contributed by atoms with Gasteiger partial charge in [0.1, 0.15) is 4.90 Å². The Labute approximate surface area is 137 Å². The van der Waals surface area contributed by atoms with Crippen LogP contribution >= 0.6 is 0 Å². The van der Waals surface area contributed by atoms with Crippen LogP contribution in [0.3, 0.4) is 0 Å². The van der Waals surface area contributed by atoms with Gasteiger partial charge in [0, 0.05) is 20.1 Å². The van der Waals surface area contributed by atoms with Gasteiger partial charge in [-0.2, -0.15) is 4.31 Å². The molecule has 0 unspecified atom stereocenters. The number of amides is 1. The van der Waals surface area contributed by atoms with Gasteiger partial charge in [0.05, 0.1) is 5.41 Å². The van der Waals surface area contributed by atoms with Crippen molar-refractivity contribution in [3.63, 3.8) is 0 Å². The van der Waals surface area contributed by atoms with Crippen LogP contribution in [-0.2, 0) is 14.8 Å². The zero-order chi connectivity index (χ0) is 17.8. The average molecular weight is 362 g/mol. The quantitative estimate of drug-likeness (QED) is 0.872. The third-order valence-corrected chi connectivity index (χ3v) is 6.09. The van der Waals surface area contributed by atoms with Gasteiger partial charge in [-0.15, -0.1) is 8.78 Å². The molecule has 0 aromatic heterocycles. The van der Waals surface area contributed by atoms with Crippen LogP contribution in [0.25, 0.3) is 0 Å². The molecule has 0 bridgehead atoms. The maximum atomic E-state index is 13.3. The molecule has 1 fully saturated rings. The number of benzene rings is 1. The number of halogens is 2. The van der Waals surface area contributed by atoms with Crippen molar-refractivity contribution in [1.29, 1.82) is 0 Å². The van der Waals surface area contributed by atoms with E-state index >= 15 is 0 Å². The molecule has 0 radical (unpaired) electrons. The predicted octanol–water partition coefficient (Wildman–Crippen LogP) is 1.15. The molecule has 0 saturated carbocycles. The Morgan fingerprint density at radius 2 is 2.04 bits per heavy atom. The minimum atomic E-state index is -4.11. The Kier molecular flexibility index (Phi) is 3.72. The first-order valence-electron chi connectivity index (χ1n) is 7.20. The third-order valence-electron chi connectivity index (χ3n) is 4.22. The fraction of sp³-hybridized carbons (Fsp3) is 0.500. The lowest BCUT2D eigenvalue weighted by atomic mass is 9.89. The highest BCUT2D eigenvalue weighted by molar-refractivity contribution is 7.89. The van der Waals surface area contributed by atoms with Crippen LogP contribution in [0.2, 0.25) is 0 Å². The summed E-state index contributed by atoms with van der Waals surface area (Å²) in [5.74, 6) is -1.13.